The van der Waals surface area contributed by atoms with E-state index in [-0.39, 0.29) is 12.4 Å². The molecule has 0 aliphatic carbocycles. The molecule has 3 rings (SSSR count). The fraction of sp³-hybridized carbons (Fsp3) is 0.143. The van der Waals surface area contributed by atoms with Gasteiger partial charge >= 0.3 is 5.97 Å². The number of aromatic amines is 1. The number of hydrogen-bond acceptors (Lipinski definition) is 5. The molecule has 0 bridgehead atoms. The highest BCUT2D eigenvalue weighted by molar-refractivity contribution is 6.09. The number of benzene rings is 2. The van der Waals surface area contributed by atoms with Crippen LogP contribution in [-0.4, -0.2) is 37.6 Å². The van der Waals surface area contributed by atoms with Gasteiger partial charge in [0, 0.05) is 34.3 Å². The van der Waals surface area contributed by atoms with Crippen molar-refractivity contribution in [2.75, 3.05) is 20.8 Å². The van der Waals surface area contributed by atoms with Crippen molar-refractivity contribution in [1.29, 1.82) is 0 Å². The number of esters is 1. The van der Waals surface area contributed by atoms with Gasteiger partial charge in [0.2, 0.25) is 5.78 Å². The van der Waals surface area contributed by atoms with Crippen LogP contribution in [0.3, 0.4) is 0 Å². The van der Waals surface area contributed by atoms with Gasteiger partial charge in [-0.3, -0.25) is 4.79 Å². The van der Waals surface area contributed by atoms with Crippen LogP contribution in [0.1, 0.15) is 15.9 Å². The highest BCUT2D eigenvalue weighted by Crippen LogP contribution is 2.25. The van der Waals surface area contributed by atoms with Crippen LogP contribution in [0.25, 0.3) is 17.0 Å². The Kier molecular flexibility index (Phi) is 5.56. The molecule has 2 aromatic carbocycles. The summed E-state index contributed by atoms with van der Waals surface area (Å²) in [5.74, 6) is 0.342. The third-order valence-corrected chi connectivity index (χ3v) is 4.07. The smallest absolute Gasteiger partial charge is 0.331 e. The molecule has 0 saturated heterocycles. The number of ether oxygens (including phenoxy) is 3. The number of methoxy groups -OCH3 is 2. The monoisotopic (exact) mass is 365 g/mol. The minimum atomic E-state index is -0.618. The van der Waals surface area contributed by atoms with E-state index in [1.807, 2.05) is 24.3 Å². The fourth-order valence-corrected chi connectivity index (χ4v) is 2.69. The number of hydrogen-bond donors (Lipinski definition) is 1. The van der Waals surface area contributed by atoms with Crippen molar-refractivity contribution in [3.05, 3.63) is 65.9 Å². The van der Waals surface area contributed by atoms with Crippen LogP contribution in [0.15, 0.2) is 54.7 Å². The fourth-order valence-electron chi connectivity index (χ4n) is 2.69. The molecular weight excluding hydrogens is 346 g/mol. The van der Waals surface area contributed by atoms with Gasteiger partial charge in [-0.15, -0.1) is 0 Å². The summed E-state index contributed by atoms with van der Waals surface area (Å²) in [5, 5.41) is 0.801. The molecule has 1 heterocycles. The molecule has 0 saturated carbocycles. The number of nitrogens with one attached hydrogen (secondary N) is 1. The number of ketones is 1. The Morgan fingerprint density at radius 2 is 1.89 bits per heavy atom. The topological polar surface area (TPSA) is 77.6 Å². The van der Waals surface area contributed by atoms with Gasteiger partial charge in [0.25, 0.3) is 0 Å². The third kappa shape index (κ3) is 4.17. The van der Waals surface area contributed by atoms with Crippen LogP contribution in [0, 0.1) is 0 Å². The predicted molar refractivity (Wildman–Crippen MR) is 102 cm³/mol. The van der Waals surface area contributed by atoms with Crippen molar-refractivity contribution < 1.29 is 23.8 Å². The average Bonchev–Trinajstić information content (AvgIpc) is 3.14. The van der Waals surface area contributed by atoms with Crippen LogP contribution in [0.4, 0.5) is 0 Å². The molecule has 0 unspecified atom stereocenters. The van der Waals surface area contributed by atoms with Crippen LogP contribution in [-0.2, 0) is 9.53 Å². The maximum absolute atomic E-state index is 12.3. The van der Waals surface area contributed by atoms with Gasteiger partial charge in [-0.1, -0.05) is 18.2 Å². The summed E-state index contributed by atoms with van der Waals surface area (Å²) in [6.45, 7) is -0.333. The summed E-state index contributed by atoms with van der Waals surface area (Å²) >= 11 is 0. The number of aromatic nitrogens is 1. The van der Waals surface area contributed by atoms with Crippen molar-refractivity contribution in [2.45, 2.75) is 0 Å². The first-order valence-corrected chi connectivity index (χ1v) is 8.28. The van der Waals surface area contributed by atoms with Crippen molar-refractivity contribution in [3.63, 3.8) is 0 Å². The zero-order valence-corrected chi connectivity index (χ0v) is 15.0. The Balaban J connectivity index is 1.64. The molecule has 6 nitrogen and oxygen atoms in total. The van der Waals surface area contributed by atoms with Crippen LogP contribution in [0.2, 0.25) is 0 Å². The molecule has 138 valence electrons. The Morgan fingerprint density at radius 1 is 1.07 bits per heavy atom. The summed E-state index contributed by atoms with van der Waals surface area (Å²) in [6, 6.07) is 12.7. The summed E-state index contributed by atoms with van der Waals surface area (Å²) in [4.78, 5) is 27.3. The lowest BCUT2D eigenvalue weighted by atomic mass is 10.1. The number of fused-ring (bicyclic) bond motifs is 1. The SMILES string of the molecule is COc1ccc(OC)c(/C=C/C(=O)OCC(=O)c2c[nH]c3ccccc23)c1. The maximum Gasteiger partial charge on any atom is 0.331 e. The van der Waals surface area contributed by atoms with E-state index >= 15 is 0 Å². The van der Waals surface area contributed by atoms with E-state index in [0.717, 1.165) is 10.9 Å². The quantitative estimate of drug-likeness (QED) is 0.393. The van der Waals surface area contributed by atoms with Crippen molar-refractivity contribution in [2.24, 2.45) is 0 Å². The summed E-state index contributed by atoms with van der Waals surface area (Å²) in [6.07, 6.45) is 4.43. The third-order valence-electron chi connectivity index (χ3n) is 4.07. The molecule has 3 aromatic rings. The number of Topliss-reactive ketones (excluding diaryl/α,β-unsaturated/α-hetero) is 1. The van der Waals surface area contributed by atoms with Crippen molar-refractivity contribution in [1.82, 2.24) is 4.98 Å². The van der Waals surface area contributed by atoms with Crippen molar-refractivity contribution in [3.8, 4) is 11.5 Å². The zero-order valence-electron chi connectivity index (χ0n) is 15.0. The maximum atomic E-state index is 12.3. The average molecular weight is 365 g/mol. The Labute approximate surface area is 156 Å². The standard InChI is InChI=1S/C21H19NO5/c1-25-15-8-9-20(26-2)14(11-15)7-10-21(24)27-13-19(23)17-12-22-18-6-4-3-5-16(17)18/h3-12,22H,13H2,1-2H3/b10-7+. The molecule has 0 spiro atoms. The van der Waals surface area contributed by atoms with Gasteiger partial charge < -0.3 is 19.2 Å². The molecule has 1 aromatic heterocycles. The first kappa shape index (κ1) is 18.3. The largest absolute Gasteiger partial charge is 0.497 e. The van der Waals surface area contributed by atoms with E-state index in [0.29, 0.717) is 22.6 Å². The second kappa shape index (κ2) is 8.23. The summed E-state index contributed by atoms with van der Waals surface area (Å²) in [5.41, 5.74) is 2.02. The Bertz CT molecular complexity index is 1000. The molecule has 0 amide bonds. The highest BCUT2D eigenvalue weighted by atomic mass is 16.5. The van der Waals surface area contributed by atoms with Crippen LogP contribution < -0.4 is 9.47 Å². The predicted octanol–water partition coefficient (Wildman–Crippen LogP) is 3.62. The number of H-pyrrole nitrogens is 1. The number of para-hydroxylation sites is 1. The van der Waals surface area contributed by atoms with Crippen LogP contribution in [0.5, 0.6) is 11.5 Å². The Hall–Kier alpha value is -3.54. The van der Waals surface area contributed by atoms with E-state index in [1.54, 1.807) is 37.6 Å². The van der Waals surface area contributed by atoms with Crippen LogP contribution >= 0.6 is 0 Å². The highest BCUT2D eigenvalue weighted by Gasteiger charge is 2.13. The molecule has 0 aliphatic rings. The van der Waals surface area contributed by atoms with E-state index in [9.17, 15) is 9.59 Å². The molecule has 0 fully saturated rings. The van der Waals surface area contributed by atoms with Gasteiger partial charge in [-0.2, -0.15) is 0 Å². The lowest BCUT2D eigenvalue weighted by Crippen LogP contribution is -2.12. The number of rotatable bonds is 7. The van der Waals surface area contributed by atoms with Gasteiger partial charge in [-0.05, 0) is 30.3 Å². The summed E-state index contributed by atoms with van der Waals surface area (Å²) in [7, 11) is 3.09. The summed E-state index contributed by atoms with van der Waals surface area (Å²) < 4.78 is 15.5. The Morgan fingerprint density at radius 3 is 2.67 bits per heavy atom. The molecule has 0 atom stereocenters. The zero-order chi connectivity index (χ0) is 19.2. The first-order chi connectivity index (χ1) is 13.1. The second-order valence-corrected chi connectivity index (χ2v) is 5.72. The van der Waals surface area contributed by atoms with E-state index in [4.69, 9.17) is 14.2 Å². The molecule has 6 heteroatoms. The minimum absolute atomic E-state index is 0.270. The second-order valence-electron chi connectivity index (χ2n) is 5.72. The first-order valence-electron chi connectivity index (χ1n) is 8.28. The van der Waals surface area contributed by atoms with Gasteiger partial charge in [-0.25, -0.2) is 4.79 Å². The molecule has 27 heavy (non-hydrogen) atoms. The van der Waals surface area contributed by atoms with E-state index < -0.39 is 5.97 Å². The molecular formula is C21H19NO5. The normalized spacial score (nSPS) is 10.9. The van der Waals surface area contributed by atoms with E-state index in [1.165, 1.54) is 13.2 Å². The molecule has 0 radical (unpaired) electrons. The number of carbonyl (C=O) groups excluding carboxylic acids is 2. The van der Waals surface area contributed by atoms with Gasteiger partial charge in [0.15, 0.2) is 6.61 Å². The van der Waals surface area contributed by atoms with Gasteiger partial charge in [0.05, 0.1) is 14.2 Å². The van der Waals surface area contributed by atoms with Gasteiger partial charge in [0.1, 0.15) is 11.5 Å². The van der Waals surface area contributed by atoms with E-state index in [2.05, 4.69) is 4.98 Å². The van der Waals surface area contributed by atoms with Crippen molar-refractivity contribution >= 4 is 28.7 Å². The molecule has 1 N–H and O–H groups in total. The minimum Gasteiger partial charge on any atom is -0.497 e. The lowest BCUT2D eigenvalue weighted by molar-refractivity contribution is -0.136. The molecule has 0 aliphatic heterocycles. The number of carbonyl (C=O) groups is 2. The lowest BCUT2D eigenvalue weighted by Gasteiger charge is -2.07.